The average molecular weight is 350 g/mol. The van der Waals surface area contributed by atoms with Gasteiger partial charge < -0.3 is 10.5 Å². The molecule has 0 bridgehead atoms. The maximum atomic E-state index is 5.63. The highest BCUT2D eigenvalue weighted by molar-refractivity contribution is 7.15. The van der Waals surface area contributed by atoms with Crippen molar-refractivity contribution < 1.29 is 4.74 Å². The fourth-order valence-electron chi connectivity index (χ4n) is 2.53. The monoisotopic (exact) mass is 350 g/mol. The first-order chi connectivity index (χ1) is 12.1. The minimum absolute atomic E-state index is 0.503. The molecule has 25 heavy (non-hydrogen) atoms. The zero-order chi connectivity index (χ0) is 17.4. The number of nitrogen functional groups attached to an aromatic ring is 1. The van der Waals surface area contributed by atoms with Gasteiger partial charge in [-0.3, -0.25) is 4.68 Å². The summed E-state index contributed by atoms with van der Waals surface area (Å²) in [6, 6.07) is 1.96. The van der Waals surface area contributed by atoms with Gasteiger partial charge in [0.2, 0.25) is 0 Å². The number of pyridine rings is 1. The predicted octanol–water partition coefficient (Wildman–Crippen LogP) is 2.18. The van der Waals surface area contributed by atoms with Gasteiger partial charge in [0.1, 0.15) is 11.3 Å². The molecular formula is C17H14N6OS. The van der Waals surface area contributed by atoms with Gasteiger partial charge in [-0.15, -0.1) is 0 Å². The fourth-order valence-corrected chi connectivity index (χ4v) is 3.07. The van der Waals surface area contributed by atoms with Crippen LogP contribution in [0.15, 0.2) is 37.1 Å². The number of methoxy groups -OCH3 is 1. The van der Waals surface area contributed by atoms with Crippen LogP contribution in [0.5, 0.6) is 5.75 Å². The first-order valence-electron chi connectivity index (χ1n) is 7.42. The molecule has 4 heterocycles. The van der Waals surface area contributed by atoms with Crippen LogP contribution in [0.2, 0.25) is 0 Å². The zero-order valence-corrected chi connectivity index (χ0v) is 14.4. The van der Waals surface area contributed by atoms with Crippen molar-refractivity contribution in [1.82, 2.24) is 24.4 Å². The number of nitrogens with two attached hydrogens (primary N) is 1. The number of hydrogen-bond donors (Lipinski definition) is 1. The molecule has 0 aliphatic rings. The van der Waals surface area contributed by atoms with E-state index in [1.807, 2.05) is 25.5 Å². The van der Waals surface area contributed by atoms with Gasteiger partial charge in [0, 0.05) is 30.6 Å². The normalized spacial score (nSPS) is 10.6. The Morgan fingerprint density at radius 1 is 1.12 bits per heavy atom. The smallest absolute Gasteiger partial charge is 0.181 e. The van der Waals surface area contributed by atoms with E-state index in [1.165, 1.54) is 11.3 Å². The number of thiazole rings is 1. The number of rotatable bonds is 2. The molecule has 4 rings (SSSR count). The van der Waals surface area contributed by atoms with Gasteiger partial charge in [0.15, 0.2) is 5.13 Å². The summed E-state index contributed by atoms with van der Waals surface area (Å²) >= 11 is 1.35. The Balaban J connectivity index is 1.82. The summed E-state index contributed by atoms with van der Waals surface area (Å²) < 4.78 is 9.09. The Kier molecular flexibility index (Phi) is 3.63. The predicted molar refractivity (Wildman–Crippen MR) is 96.5 cm³/mol. The minimum Gasteiger partial charge on any atom is -0.494 e. The second kappa shape index (κ2) is 5.96. The van der Waals surface area contributed by atoms with Crippen molar-refractivity contribution in [2.24, 2.45) is 7.05 Å². The maximum Gasteiger partial charge on any atom is 0.181 e. The van der Waals surface area contributed by atoms with E-state index < -0.39 is 0 Å². The molecule has 8 heteroatoms. The van der Waals surface area contributed by atoms with E-state index in [0.29, 0.717) is 10.9 Å². The fraction of sp³-hybridized carbons (Fsp3) is 0.118. The Morgan fingerprint density at radius 2 is 2.00 bits per heavy atom. The van der Waals surface area contributed by atoms with Crippen molar-refractivity contribution >= 4 is 22.0 Å². The minimum atomic E-state index is 0.503. The Hall–Kier alpha value is -3.31. The molecule has 0 aliphatic carbocycles. The lowest BCUT2D eigenvalue weighted by atomic mass is 10.1. The van der Waals surface area contributed by atoms with Gasteiger partial charge in [-0.1, -0.05) is 17.3 Å². The van der Waals surface area contributed by atoms with Gasteiger partial charge in [0.05, 0.1) is 36.1 Å². The lowest BCUT2D eigenvalue weighted by molar-refractivity contribution is 0.417. The van der Waals surface area contributed by atoms with Crippen LogP contribution in [0.1, 0.15) is 10.4 Å². The van der Waals surface area contributed by atoms with Crippen LogP contribution < -0.4 is 10.5 Å². The summed E-state index contributed by atoms with van der Waals surface area (Å²) in [4.78, 5) is 4.81. The maximum absolute atomic E-state index is 5.63. The van der Waals surface area contributed by atoms with E-state index in [2.05, 4.69) is 27.0 Å². The number of fused-ring (bicyclic) bond motifs is 1. The van der Waals surface area contributed by atoms with E-state index in [-0.39, 0.29) is 0 Å². The molecule has 0 atom stereocenters. The second-order valence-corrected chi connectivity index (χ2v) is 6.43. The average Bonchev–Trinajstić information content (AvgIpc) is 3.32. The van der Waals surface area contributed by atoms with Crippen LogP contribution in [-0.2, 0) is 7.05 Å². The van der Waals surface area contributed by atoms with Crippen molar-refractivity contribution in [3.8, 4) is 28.7 Å². The molecule has 0 saturated carbocycles. The highest BCUT2D eigenvalue weighted by atomic mass is 32.1. The second-order valence-electron chi connectivity index (χ2n) is 5.36. The van der Waals surface area contributed by atoms with E-state index in [9.17, 15) is 0 Å². The Bertz CT molecular complexity index is 1130. The van der Waals surface area contributed by atoms with Gasteiger partial charge >= 0.3 is 0 Å². The molecule has 0 aromatic carbocycles. The molecule has 0 radical (unpaired) electrons. The molecule has 0 spiro atoms. The molecule has 4 aromatic rings. The van der Waals surface area contributed by atoms with Gasteiger partial charge in [-0.05, 0) is 12.0 Å². The van der Waals surface area contributed by atoms with Crippen molar-refractivity contribution in [3.05, 3.63) is 47.5 Å². The number of ether oxygens (including phenoxy) is 1. The molecule has 0 aliphatic heterocycles. The molecule has 124 valence electrons. The lowest BCUT2D eigenvalue weighted by Gasteiger charge is -2.06. The van der Waals surface area contributed by atoms with Crippen LogP contribution in [0.3, 0.4) is 0 Å². The third-order valence-corrected chi connectivity index (χ3v) is 4.42. The quantitative estimate of drug-likeness (QED) is 0.560. The van der Waals surface area contributed by atoms with Crippen molar-refractivity contribution in [2.45, 2.75) is 0 Å². The Labute approximate surface area is 147 Å². The summed E-state index contributed by atoms with van der Waals surface area (Å²) in [6.07, 6.45) is 9.07. The molecule has 4 aromatic heterocycles. The number of aryl methyl sites for hydroxylation is 1. The van der Waals surface area contributed by atoms with E-state index in [0.717, 1.165) is 27.1 Å². The summed E-state index contributed by atoms with van der Waals surface area (Å²) in [5.41, 5.74) is 9.19. The standard InChI is InChI=1S/C17H14N6OS/c1-22-9-13(7-20-22)12-5-15(24-2)16-11(6-21-23(16)10-12)3-4-14-8-19-17(18)25-14/h5-10H,1-2H3,(H2,18,19). The van der Waals surface area contributed by atoms with Crippen LogP contribution >= 0.6 is 11.3 Å². The van der Waals surface area contributed by atoms with Crippen molar-refractivity contribution in [3.63, 3.8) is 0 Å². The molecule has 0 unspecified atom stereocenters. The topological polar surface area (TPSA) is 83.3 Å². The van der Waals surface area contributed by atoms with Crippen LogP contribution in [0, 0.1) is 11.8 Å². The number of hydrogen-bond acceptors (Lipinski definition) is 6. The summed E-state index contributed by atoms with van der Waals surface area (Å²) in [7, 11) is 3.52. The van der Waals surface area contributed by atoms with Crippen LogP contribution in [0.4, 0.5) is 5.13 Å². The number of nitrogens with zero attached hydrogens (tertiary/aromatic N) is 5. The molecule has 0 fully saturated rings. The number of anilines is 1. The largest absolute Gasteiger partial charge is 0.494 e. The summed E-state index contributed by atoms with van der Waals surface area (Å²) in [5.74, 6) is 6.89. The summed E-state index contributed by atoms with van der Waals surface area (Å²) in [5, 5.41) is 9.12. The van der Waals surface area contributed by atoms with Crippen LogP contribution in [0.25, 0.3) is 16.6 Å². The number of aromatic nitrogens is 5. The molecule has 0 amide bonds. The first-order valence-corrected chi connectivity index (χ1v) is 8.23. The third kappa shape index (κ3) is 2.81. The SMILES string of the molecule is COc1cc(-c2cnn(C)c2)cn2ncc(C#Cc3cnc(N)s3)c12. The van der Waals surface area contributed by atoms with E-state index >= 15 is 0 Å². The van der Waals surface area contributed by atoms with Gasteiger partial charge in [-0.25, -0.2) is 9.50 Å². The highest BCUT2D eigenvalue weighted by Gasteiger charge is 2.12. The third-order valence-electron chi connectivity index (χ3n) is 3.68. The lowest BCUT2D eigenvalue weighted by Crippen LogP contribution is -1.94. The zero-order valence-electron chi connectivity index (χ0n) is 13.6. The summed E-state index contributed by atoms with van der Waals surface area (Å²) in [6.45, 7) is 0. The first kappa shape index (κ1) is 15.2. The molecule has 0 saturated heterocycles. The molecule has 7 nitrogen and oxygen atoms in total. The van der Waals surface area contributed by atoms with E-state index in [1.54, 1.807) is 34.9 Å². The van der Waals surface area contributed by atoms with Crippen molar-refractivity contribution in [1.29, 1.82) is 0 Å². The van der Waals surface area contributed by atoms with Crippen molar-refractivity contribution in [2.75, 3.05) is 12.8 Å². The van der Waals surface area contributed by atoms with Gasteiger partial charge in [-0.2, -0.15) is 10.2 Å². The van der Waals surface area contributed by atoms with Gasteiger partial charge in [0.25, 0.3) is 0 Å². The molecule has 2 N–H and O–H groups in total. The van der Waals surface area contributed by atoms with Crippen LogP contribution in [-0.4, -0.2) is 31.5 Å². The Morgan fingerprint density at radius 3 is 2.68 bits per heavy atom. The highest BCUT2D eigenvalue weighted by Crippen LogP contribution is 2.29. The molecular weight excluding hydrogens is 336 g/mol. The van der Waals surface area contributed by atoms with E-state index in [4.69, 9.17) is 10.5 Å².